The third-order valence-electron chi connectivity index (χ3n) is 4.79. The zero-order valence-electron chi connectivity index (χ0n) is 14.3. The van der Waals surface area contributed by atoms with Crippen molar-refractivity contribution in [3.8, 4) is 0 Å². The van der Waals surface area contributed by atoms with Crippen molar-refractivity contribution in [2.24, 2.45) is 0 Å². The first-order valence-electron chi connectivity index (χ1n) is 8.59. The molecule has 0 spiro atoms. The van der Waals surface area contributed by atoms with E-state index in [1.54, 1.807) is 24.3 Å². The Morgan fingerprint density at radius 2 is 1.85 bits per heavy atom. The first kappa shape index (κ1) is 17.7. The molecule has 2 aromatic carbocycles. The molecule has 6 heteroatoms. The zero-order chi connectivity index (χ0) is 19.0. The topological polar surface area (TPSA) is 51.1 Å². The van der Waals surface area contributed by atoms with Gasteiger partial charge in [-0.05, 0) is 36.8 Å². The van der Waals surface area contributed by atoms with Crippen LogP contribution in [0.4, 0.5) is 10.1 Å². The minimum Gasteiger partial charge on any atom is -0.341 e. The van der Waals surface area contributed by atoms with Crippen LogP contribution in [0.3, 0.4) is 0 Å². The van der Waals surface area contributed by atoms with E-state index < -0.39 is 11.7 Å². The largest absolute Gasteiger partial charge is 0.341 e. The van der Waals surface area contributed by atoms with Crippen LogP contribution in [-0.4, -0.2) is 16.3 Å². The summed E-state index contributed by atoms with van der Waals surface area (Å²) in [5, 5.41) is 2.66. The number of nitrogens with zero attached hydrogens (tertiary/aromatic N) is 1. The molecule has 1 aromatic heterocycles. The Kier molecular flexibility index (Phi) is 4.66. The molecule has 3 aromatic rings. The van der Waals surface area contributed by atoms with Gasteiger partial charge in [-0.3, -0.25) is 9.59 Å². The summed E-state index contributed by atoms with van der Waals surface area (Å²) in [4.78, 5) is 25.4. The molecule has 1 atom stereocenters. The summed E-state index contributed by atoms with van der Waals surface area (Å²) in [6, 6.07) is 17.1. The molecule has 1 aliphatic heterocycles. The maximum absolute atomic E-state index is 14.0. The van der Waals surface area contributed by atoms with Gasteiger partial charge >= 0.3 is 0 Å². The average molecular weight is 427 g/mol. The monoisotopic (exact) mass is 426 g/mol. The van der Waals surface area contributed by atoms with Crippen molar-refractivity contribution in [3.63, 3.8) is 0 Å². The lowest BCUT2D eigenvalue weighted by Gasteiger charge is -2.11. The molecule has 0 saturated carbocycles. The van der Waals surface area contributed by atoms with Gasteiger partial charge in [0.2, 0.25) is 11.7 Å². The summed E-state index contributed by atoms with van der Waals surface area (Å²) in [6.45, 7) is 0.581. The number of benzene rings is 2. The summed E-state index contributed by atoms with van der Waals surface area (Å²) >= 11 is 3.20. The molecule has 0 radical (unpaired) electrons. The number of halogens is 2. The fourth-order valence-corrected chi connectivity index (χ4v) is 3.79. The van der Waals surface area contributed by atoms with Crippen LogP contribution >= 0.6 is 15.9 Å². The van der Waals surface area contributed by atoms with E-state index in [4.69, 9.17) is 0 Å². The molecule has 4 nitrogen and oxygen atoms in total. The van der Waals surface area contributed by atoms with E-state index in [0.29, 0.717) is 28.7 Å². The van der Waals surface area contributed by atoms with Gasteiger partial charge in [0.1, 0.15) is 5.82 Å². The van der Waals surface area contributed by atoms with Crippen molar-refractivity contribution in [3.05, 3.63) is 87.9 Å². The highest BCUT2D eigenvalue weighted by Gasteiger charge is 2.32. The number of nitrogens with one attached hydrogen (secondary N) is 1. The number of ketones is 1. The maximum Gasteiger partial charge on any atom is 0.233 e. The SMILES string of the molecule is O=C(c1ccccc1)c1ccc2n1CCC2C(=O)Nc1ccc(Br)cc1F. The number of amides is 1. The van der Waals surface area contributed by atoms with Crippen LogP contribution in [0.15, 0.2) is 65.1 Å². The van der Waals surface area contributed by atoms with Gasteiger partial charge in [-0.1, -0.05) is 46.3 Å². The first-order valence-corrected chi connectivity index (χ1v) is 9.39. The number of hydrogen-bond donors (Lipinski definition) is 1. The van der Waals surface area contributed by atoms with Crippen LogP contribution < -0.4 is 5.32 Å². The third-order valence-corrected chi connectivity index (χ3v) is 5.28. The number of fused-ring (bicyclic) bond motifs is 1. The molecule has 0 bridgehead atoms. The Labute approximate surface area is 164 Å². The Morgan fingerprint density at radius 3 is 2.59 bits per heavy atom. The molecule has 2 heterocycles. The van der Waals surface area contributed by atoms with E-state index >= 15 is 0 Å². The van der Waals surface area contributed by atoms with E-state index in [0.717, 1.165) is 5.69 Å². The van der Waals surface area contributed by atoms with Gasteiger partial charge in [0.25, 0.3) is 0 Å². The molecule has 1 amide bonds. The van der Waals surface area contributed by atoms with Gasteiger partial charge in [0, 0.05) is 22.3 Å². The average Bonchev–Trinajstić information content (AvgIpc) is 3.26. The summed E-state index contributed by atoms with van der Waals surface area (Å²) in [6.07, 6.45) is 0.579. The van der Waals surface area contributed by atoms with Crippen LogP contribution in [0, 0.1) is 5.82 Å². The predicted octanol–water partition coefficient (Wildman–Crippen LogP) is 4.75. The quantitative estimate of drug-likeness (QED) is 0.612. The fraction of sp³-hybridized carbons (Fsp3) is 0.143. The molecule has 27 heavy (non-hydrogen) atoms. The summed E-state index contributed by atoms with van der Waals surface area (Å²) in [5.74, 6) is -1.25. The van der Waals surface area contributed by atoms with E-state index in [1.165, 1.54) is 12.1 Å². The molecule has 136 valence electrons. The van der Waals surface area contributed by atoms with Gasteiger partial charge in [0.05, 0.1) is 17.3 Å². The molecular formula is C21H16BrFN2O2. The number of hydrogen-bond acceptors (Lipinski definition) is 2. The lowest BCUT2D eigenvalue weighted by Crippen LogP contribution is -2.20. The highest BCUT2D eigenvalue weighted by atomic mass is 79.9. The van der Waals surface area contributed by atoms with Gasteiger partial charge in [0.15, 0.2) is 0 Å². The normalized spacial score (nSPS) is 15.4. The number of aromatic nitrogens is 1. The zero-order valence-corrected chi connectivity index (χ0v) is 15.9. The van der Waals surface area contributed by atoms with Crippen molar-refractivity contribution in [1.29, 1.82) is 0 Å². The smallest absolute Gasteiger partial charge is 0.233 e. The third kappa shape index (κ3) is 3.32. The predicted molar refractivity (Wildman–Crippen MR) is 104 cm³/mol. The standard InChI is InChI=1S/C21H16BrFN2O2/c22-14-6-7-17(16(23)12-14)24-21(27)15-10-11-25-18(15)8-9-19(25)20(26)13-4-2-1-3-5-13/h1-9,12,15H,10-11H2,(H,24,27). The second-order valence-corrected chi connectivity index (χ2v) is 7.36. The van der Waals surface area contributed by atoms with E-state index in [9.17, 15) is 14.0 Å². The highest BCUT2D eigenvalue weighted by molar-refractivity contribution is 9.10. The molecule has 1 N–H and O–H groups in total. The molecule has 4 rings (SSSR count). The van der Waals surface area contributed by atoms with E-state index in [-0.39, 0.29) is 17.4 Å². The van der Waals surface area contributed by atoms with Crippen molar-refractivity contribution in [2.75, 3.05) is 5.32 Å². The maximum atomic E-state index is 14.0. The van der Waals surface area contributed by atoms with E-state index in [1.807, 2.05) is 28.8 Å². The number of carbonyl (C=O) groups is 2. The fourth-order valence-electron chi connectivity index (χ4n) is 3.46. The molecule has 1 aliphatic rings. The lowest BCUT2D eigenvalue weighted by molar-refractivity contribution is -0.117. The minimum atomic E-state index is -0.494. The van der Waals surface area contributed by atoms with Crippen LogP contribution in [0.25, 0.3) is 0 Å². The second-order valence-electron chi connectivity index (χ2n) is 6.44. The van der Waals surface area contributed by atoms with Crippen molar-refractivity contribution in [2.45, 2.75) is 18.9 Å². The Balaban J connectivity index is 1.57. The Bertz CT molecular complexity index is 1030. The number of rotatable bonds is 4. The van der Waals surface area contributed by atoms with Crippen LogP contribution in [-0.2, 0) is 11.3 Å². The molecule has 0 fully saturated rings. The van der Waals surface area contributed by atoms with Gasteiger partial charge in [-0.2, -0.15) is 0 Å². The van der Waals surface area contributed by atoms with Crippen molar-refractivity contribution >= 4 is 33.3 Å². The van der Waals surface area contributed by atoms with Gasteiger partial charge in [-0.25, -0.2) is 4.39 Å². The van der Waals surface area contributed by atoms with E-state index in [2.05, 4.69) is 21.2 Å². The van der Waals surface area contributed by atoms with Gasteiger partial charge < -0.3 is 9.88 Å². The number of anilines is 1. The second kappa shape index (κ2) is 7.12. The summed E-state index contributed by atoms with van der Waals surface area (Å²) in [7, 11) is 0. The Morgan fingerprint density at radius 1 is 1.07 bits per heavy atom. The Hall–Kier alpha value is -2.73. The summed E-state index contributed by atoms with van der Waals surface area (Å²) in [5.41, 5.74) is 2.11. The lowest BCUT2D eigenvalue weighted by atomic mass is 10.0. The first-order chi connectivity index (χ1) is 13.0. The van der Waals surface area contributed by atoms with Crippen LogP contribution in [0.2, 0.25) is 0 Å². The summed E-state index contributed by atoms with van der Waals surface area (Å²) < 4.78 is 16.5. The molecular weight excluding hydrogens is 411 g/mol. The van der Waals surface area contributed by atoms with Crippen molar-refractivity contribution < 1.29 is 14.0 Å². The number of carbonyl (C=O) groups excluding carboxylic acids is 2. The minimum absolute atomic E-state index is 0.0677. The molecule has 0 aliphatic carbocycles. The molecule has 0 saturated heterocycles. The van der Waals surface area contributed by atoms with Gasteiger partial charge in [-0.15, -0.1) is 0 Å². The molecule has 1 unspecified atom stereocenters. The van der Waals surface area contributed by atoms with Crippen molar-refractivity contribution in [1.82, 2.24) is 4.57 Å². The highest BCUT2D eigenvalue weighted by Crippen LogP contribution is 2.33. The van der Waals surface area contributed by atoms with Crippen LogP contribution in [0.5, 0.6) is 0 Å². The van der Waals surface area contributed by atoms with Crippen LogP contribution in [0.1, 0.15) is 34.1 Å².